The van der Waals surface area contributed by atoms with E-state index in [4.69, 9.17) is 9.47 Å². The van der Waals surface area contributed by atoms with Gasteiger partial charge in [0.15, 0.2) is 0 Å². The number of rotatable bonds is 5. The maximum Gasteiger partial charge on any atom is 0.414 e. The normalized spacial score (nSPS) is 16.1. The predicted octanol–water partition coefficient (Wildman–Crippen LogP) is 3.30. The molecule has 0 aliphatic carbocycles. The van der Waals surface area contributed by atoms with Crippen molar-refractivity contribution in [3.8, 4) is 5.75 Å². The monoisotopic (exact) mass is 491 g/mol. The van der Waals surface area contributed by atoms with E-state index in [0.717, 1.165) is 4.31 Å². The topological polar surface area (TPSA) is 125 Å². The van der Waals surface area contributed by atoms with Crippen molar-refractivity contribution in [2.24, 2.45) is 0 Å². The molecule has 2 amide bonds. The first kappa shape index (κ1) is 25.3. The van der Waals surface area contributed by atoms with Crippen LogP contribution in [0.3, 0.4) is 0 Å². The number of hydrogen-bond donors (Lipinski definition) is 2. The number of anilines is 2. The van der Waals surface area contributed by atoms with Gasteiger partial charge in [-0.1, -0.05) is 12.1 Å². The van der Waals surface area contributed by atoms with Crippen molar-refractivity contribution in [2.45, 2.75) is 57.3 Å². The number of nitrogens with zero attached hydrogens (tertiary/aromatic N) is 2. The van der Waals surface area contributed by atoms with Crippen LogP contribution in [-0.4, -0.2) is 49.9 Å². The molecule has 1 atom stereocenters. The molecule has 0 fully saturated rings. The Kier molecular flexibility index (Phi) is 7.08. The summed E-state index contributed by atoms with van der Waals surface area (Å²) in [5.41, 5.74) is 1.39. The molecule has 0 bridgehead atoms. The molecule has 34 heavy (non-hydrogen) atoms. The van der Waals surface area contributed by atoms with E-state index >= 15 is 0 Å². The first-order chi connectivity index (χ1) is 15.8. The number of sulfonamides is 1. The molecule has 2 aromatic carbocycles. The molecule has 1 aliphatic heterocycles. The Bertz CT molecular complexity index is 1160. The van der Waals surface area contributed by atoms with E-state index in [-0.39, 0.29) is 22.8 Å². The fourth-order valence-electron chi connectivity index (χ4n) is 3.54. The highest BCUT2D eigenvalue weighted by Gasteiger charge is 2.44. The molecule has 2 aromatic rings. The minimum Gasteiger partial charge on any atom is -0.488 e. The zero-order valence-electron chi connectivity index (χ0n) is 19.7. The molecule has 10 nitrogen and oxygen atoms in total. The average molecular weight is 492 g/mol. The van der Waals surface area contributed by atoms with Crippen molar-refractivity contribution in [1.29, 1.82) is 0 Å². The van der Waals surface area contributed by atoms with E-state index in [1.165, 1.54) is 40.7 Å². The third-order valence-electron chi connectivity index (χ3n) is 4.82. The highest BCUT2D eigenvalue weighted by Crippen LogP contribution is 2.39. The van der Waals surface area contributed by atoms with Crippen molar-refractivity contribution in [3.63, 3.8) is 0 Å². The molecule has 0 unspecified atom stereocenters. The van der Waals surface area contributed by atoms with Gasteiger partial charge in [0.25, 0.3) is 15.9 Å². The van der Waals surface area contributed by atoms with Crippen molar-refractivity contribution in [1.82, 2.24) is 5.48 Å². The van der Waals surface area contributed by atoms with E-state index in [1.54, 1.807) is 32.0 Å². The Labute approximate surface area is 199 Å². The third kappa shape index (κ3) is 5.26. The number of nitrogens with one attached hydrogen (secondary N) is 1. The van der Waals surface area contributed by atoms with Crippen LogP contribution in [0.15, 0.2) is 53.4 Å². The largest absolute Gasteiger partial charge is 0.488 e. The average Bonchev–Trinajstić information content (AvgIpc) is 2.76. The van der Waals surface area contributed by atoms with Gasteiger partial charge in [-0.25, -0.2) is 23.0 Å². The summed E-state index contributed by atoms with van der Waals surface area (Å²) < 4.78 is 39.4. The van der Waals surface area contributed by atoms with Crippen LogP contribution in [0.2, 0.25) is 0 Å². The molecule has 0 saturated heterocycles. The van der Waals surface area contributed by atoms with Gasteiger partial charge in [-0.05, 0) is 71.0 Å². The number of para-hydroxylation sites is 2. The number of carbonyl (C=O) groups excluding carboxylic acids is 2. The summed E-state index contributed by atoms with van der Waals surface area (Å²) in [5, 5.41) is 9.33. The summed E-state index contributed by atoms with van der Waals surface area (Å²) in [6.45, 7) is 8.60. The van der Waals surface area contributed by atoms with Crippen LogP contribution in [0, 0.1) is 0 Å². The number of amides is 2. The van der Waals surface area contributed by atoms with E-state index in [2.05, 4.69) is 0 Å². The smallest absolute Gasteiger partial charge is 0.414 e. The van der Waals surface area contributed by atoms with Crippen LogP contribution in [0.1, 0.15) is 34.6 Å². The highest BCUT2D eigenvalue weighted by molar-refractivity contribution is 7.93. The Morgan fingerprint density at radius 3 is 2.18 bits per heavy atom. The zero-order valence-corrected chi connectivity index (χ0v) is 20.5. The van der Waals surface area contributed by atoms with E-state index in [0.29, 0.717) is 5.75 Å². The van der Waals surface area contributed by atoms with Gasteiger partial charge >= 0.3 is 6.09 Å². The second-order valence-corrected chi connectivity index (χ2v) is 10.8. The molecule has 1 aliphatic rings. The molecule has 1 heterocycles. The number of fused-ring (bicyclic) bond motifs is 1. The van der Waals surface area contributed by atoms with E-state index < -0.39 is 39.8 Å². The van der Waals surface area contributed by atoms with Gasteiger partial charge in [0, 0.05) is 0 Å². The van der Waals surface area contributed by atoms with Crippen LogP contribution < -0.4 is 19.4 Å². The summed E-state index contributed by atoms with van der Waals surface area (Å²) >= 11 is 0. The Morgan fingerprint density at radius 2 is 1.65 bits per heavy atom. The molecule has 11 heteroatoms. The number of ether oxygens (including phenoxy) is 2. The van der Waals surface area contributed by atoms with Crippen molar-refractivity contribution < 1.29 is 32.7 Å². The molecule has 184 valence electrons. The molecular formula is C23H29N3O7S. The van der Waals surface area contributed by atoms with Crippen molar-refractivity contribution in [3.05, 3.63) is 48.5 Å². The standard InChI is InChI=1S/C23H29N3O7S/c1-15(2)32-22(28)25-14-20(21(27)24-29)26(19-9-7-6-8-18(19)25)34(30,31)17-12-10-16(11-13-17)33-23(3,4)5/h6-13,15,20,29H,14H2,1-5H3,(H,24,27)/t20-/m1/s1. The summed E-state index contributed by atoms with van der Waals surface area (Å²) in [6.07, 6.45) is -1.17. The van der Waals surface area contributed by atoms with Crippen molar-refractivity contribution >= 4 is 33.4 Å². The second-order valence-electron chi connectivity index (χ2n) is 9.01. The highest BCUT2D eigenvalue weighted by atomic mass is 32.2. The van der Waals surface area contributed by atoms with Gasteiger partial charge in [0.1, 0.15) is 17.4 Å². The van der Waals surface area contributed by atoms with E-state index in [1.807, 2.05) is 20.8 Å². The van der Waals surface area contributed by atoms with Gasteiger partial charge < -0.3 is 9.47 Å². The predicted molar refractivity (Wildman–Crippen MR) is 126 cm³/mol. The number of hydrogen-bond acceptors (Lipinski definition) is 7. The van der Waals surface area contributed by atoms with Gasteiger partial charge in [-0.3, -0.25) is 14.9 Å². The van der Waals surface area contributed by atoms with Crippen LogP contribution >= 0.6 is 0 Å². The fraction of sp³-hybridized carbons (Fsp3) is 0.391. The van der Waals surface area contributed by atoms with Gasteiger partial charge in [-0.2, -0.15) is 0 Å². The van der Waals surface area contributed by atoms with Crippen LogP contribution in [0.5, 0.6) is 5.75 Å². The lowest BCUT2D eigenvalue weighted by Gasteiger charge is -2.41. The SMILES string of the molecule is CC(C)OC(=O)N1C[C@H](C(=O)NO)N(S(=O)(=O)c2ccc(OC(C)(C)C)cc2)c2ccccc21. The first-order valence-corrected chi connectivity index (χ1v) is 12.1. The number of benzene rings is 2. The first-order valence-electron chi connectivity index (χ1n) is 10.7. The quantitative estimate of drug-likeness (QED) is 0.486. The summed E-state index contributed by atoms with van der Waals surface area (Å²) in [6, 6.07) is 10.7. The maximum absolute atomic E-state index is 13.7. The molecule has 0 spiro atoms. The summed E-state index contributed by atoms with van der Waals surface area (Å²) in [7, 11) is -4.29. The molecule has 2 N–H and O–H groups in total. The molecular weight excluding hydrogens is 462 g/mol. The van der Waals surface area contributed by atoms with Crippen molar-refractivity contribution in [2.75, 3.05) is 15.7 Å². The van der Waals surface area contributed by atoms with Gasteiger partial charge in [0.05, 0.1) is 28.9 Å². The Balaban J connectivity index is 2.09. The van der Waals surface area contributed by atoms with Crippen LogP contribution in [0.25, 0.3) is 0 Å². The Hall–Kier alpha value is -3.31. The molecule has 0 aromatic heterocycles. The third-order valence-corrected chi connectivity index (χ3v) is 6.66. The van der Waals surface area contributed by atoms with Crippen LogP contribution in [-0.2, 0) is 19.6 Å². The minimum absolute atomic E-state index is 0.0856. The molecule has 0 radical (unpaired) electrons. The molecule has 0 saturated carbocycles. The molecule has 3 rings (SSSR count). The second kappa shape index (κ2) is 9.51. The lowest BCUT2D eigenvalue weighted by Crippen LogP contribution is -2.59. The summed E-state index contributed by atoms with van der Waals surface area (Å²) in [5.74, 6) is -0.508. The summed E-state index contributed by atoms with van der Waals surface area (Å²) in [4.78, 5) is 26.4. The number of carbonyl (C=O) groups is 2. The minimum atomic E-state index is -4.29. The fourth-order valence-corrected chi connectivity index (χ4v) is 5.16. The van der Waals surface area contributed by atoms with E-state index in [9.17, 15) is 23.2 Å². The zero-order chi connectivity index (χ0) is 25.3. The lowest BCUT2D eigenvalue weighted by atomic mass is 10.1. The Morgan fingerprint density at radius 1 is 1.06 bits per heavy atom. The lowest BCUT2D eigenvalue weighted by molar-refractivity contribution is -0.130. The van der Waals surface area contributed by atoms with Gasteiger partial charge in [-0.15, -0.1) is 0 Å². The van der Waals surface area contributed by atoms with Crippen LogP contribution in [0.4, 0.5) is 16.2 Å². The number of hydroxylamine groups is 1. The maximum atomic E-state index is 13.7. The van der Waals surface area contributed by atoms with Gasteiger partial charge in [0.2, 0.25) is 0 Å².